The lowest BCUT2D eigenvalue weighted by Gasteiger charge is -2.08. The van der Waals surface area contributed by atoms with Crippen molar-refractivity contribution in [2.24, 2.45) is 5.73 Å². The first kappa shape index (κ1) is 12.7. The van der Waals surface area contributed by atoms with Gasteiger partial charge >= 0.3 is 0 Å². The average Bonchev–Trinajstić information content (AvgIpc) is 2.74. The van der Waals surface area contributed by atoms with E-state index in [-0.39, 0.29) is 0 Å². The van der Waals surface area contributed by atoms with E-state index in [9.17, 15) is 4.79 Å². The zero-order valence-electron chi connectivity index (χ0n) is 9.44. The molecule has 5 N–H and O–H groups in total. The van der Waals surface area contributed by atoms with Crippen molar-refractivity contribution in [2.75, 3.05) is 11.1 Å². The number of primary amides is 1. The molecule has 4 nitrogen and oxygen atoms in total. The highest BCUT2D eigenvalue weighted by Crippen LogP contribution is 2.23. The van der Waals surface area contributed by atoms with E-state index in [1.54, 1.807) is 18.2 Å². The van der Waals surface area contributed by atoms with Crippen LogP contribution in [0.4, 0.5) is 11.4 Å². The standard InChI is InChI=1S/C12H12ClN3OS/c13-11-4-2-8(18-11)6-16-7-1-3-10(14)9(5-7)12(15)17/h1-5,16H,6,14H2,(H2,15,17). The molecule has 2 aromatic rings. The molecule has 1 amide bonds. The molecule has 0 saturated heterocycles. The molecule has 1 aromatic heterocycles. The summed E-state index contributed by atoms with van der Waals surface area (Å²) in [4.78, 5) is 12.3. The Hall–Kier alpha value is -1.72. The van der Waals surface area contributed by atoms with Crippen molar-refractivity contribution in [3.63, 3.8) is 0 Å². The molecule has 0 fully saturated rings. The number of rotatable bonds is 4. The Morgan fingerprint density at radius 1 is 1.33 bits per heavy atom. The van der Waals surface area contributed by atoms with Gasteiger partial charge in [-0.3, -0.25) is 4.79 Å². The number of carbonyl (C=O) groups is 1. The summed E-state index contributed by atoms with van der Waals surface area (Å²) in [5, 5.41) is 3.19. The molecule has 0 radical (unpaired) electrons. The van der Waals surface area contributed by atoms with Crippen LogP contribution < -0.4 is 16.8 Å². The lowest BCUT2D eigenvalue weighted by atomic mass is 10.1. The number of halogens is 1. The Balaban J connectivity index is 2.10. The van der Waals surface area contributed by atoms with Crippen LogP contribution >= 0.6 is 22.9 Å². The Kier molecular flexibility index (Phi) is 3.74. The highest BCUT2D eigenvalue weighted by Gasteiger charge is 2.06. The number of hydrogen-bond donors (Lipinski definition) is 3. The van der Waals surface area contributed by atoms with Crippen molar-refractivity contribution in [1.82, 2.24) is 0 Å². The van der Waals surface area contributed by atoms with Gasteiger partial charge in [0.1, 0.15) is 0 Å². The van der Waals surface area contributed by atoms with Crippen molar-refractivity contribution in [1.29, 1.82) is 0 Å². The highest BCUT2D eigenvalue weighted by atomic mass is 35.5. The van der Waals surface area contributed by atoms with Gasteiger partial charge in [0.2, 0.25) is 0 Å². The first-order chi connectivity index (χ1) is 8.56. The van der Waals surface area contributed by atoms with Crippen molar-refractivity contribution in [3.05, 3.63) is 45.1 Å². The zero-order valence-corrected chi connectivity index (χ0v) is 11.0. The zero-order chi connectivity index (χ0) is 13.1. The topological polar surface area (TPSA) is 81.1 Å². The second kappa shape index (κ2) is 5.29. The molecule has 0 aliphatic carbocycles. The number of benzene rings is 1. The fourth-order valence-electron chi connectivity index (χ4n) is 1.52. The molecule has 18 heavy (non-hydrogen) atoms. The number of nitrogen functional groups attached to an aromatic ring is 1. The third kappa shape index (κ3) is 2.94. The summed E-state index contributed by atoms with van der Waals surface area (Å²) >= 11 is 7.35. The Morgan fingerprint density at radius 2 is 2.11 bits per heavy atom. The van der Waals surface area contributed by atoms with Crippen LogP contribution in [0.5, 0.6) is 0 Å². The number of thiophene rings is 1. The lowest BCUT2D eigenvalue weighted by molar-refractivity contribution is 0.100. The summed E-state index contributed by atoms with van der Waals surface area (Å²) < 4.78 is 0.752. The van der Waals surface area contributed by atoms with E-state index >= 15 is 0 Å². The SMILES string of the molecule is NC(=O)c1cc(NCc2ccc(Cl)s2)ccc1N. The molecule has 1 heterocycles. The second-order valence-electron chi connectivity index (χ2n) is 3.73. The molecule has 0 spiro atoms. The fourth-order valence-corrected chi connectivity index (χ4v) is 2.54. The van der Waals surface area contributed by atoms with Crippen molar-refractivity contribution in [3.8, 4) is 0 Å². The first-order valence-corrected chi connectivity index (χ1v) is 6.43. The number of nitrogens with two attached hydrogens (primary N) is 2. The third-order valence-electron chi connectivity index (χ3n) is 2.41. The number of carbonyl (C=O) groups excluding carboxylic acids is 1. The molecule has 0 unspecified atom stereocenters. The van der Waals surface area contributed by atoms with E-state index in [0.29, 0.717) is 17.8 Å². The van der Waals surface area contributed by atoms with Gasteiger partial charge in [-0.25, -0.2) is 0 Å². The van der Waals surface area contributed by atoms with Gasteiger partial charge in [0, 0.05) is 22.8 Å². The fraction of sp³-hybridized carbons (Fsp3) is 0.0833. The molecule has 1 aromatic carbocycles. The summed E-state index contributed by atoms with van der Waals surface area (Å²) in [5.74, 6) is -0.532. The maximum absolute atomic E-state index is 11.2. The Bertz CT molecular complexity index is 582. The number of amides is 1. The predicted octanol–water partition coefficient (Wildman–Crippen LogP) is 2.69. The molecule has 2 rings (SSSR count). The predicted molar refractivity (Wildman–Crippen MR) is 76.0 cm³/mol. The monoisotopic (exact) mass is 281 g/mol. The minimum atomic E-state index is -0.532. The van der Waals surface area contributed by atoms with Crippen molar-refractivity contribution in [2.45, 2.75) is 6.54 Å². The molecule has 0 saturated carbocycles. The Labute approximate surface area is 114 Å². The van der Waals surface area contributed by atoms with Crippen LogP contribution in [0.2, 0.25) is 4.34 Å². The largest absolute Gasteiger partial charge is 0.398 e. The number of hydrogen-bond acceptors (Lipinski definition) is 4. The van der Waals surface area contributed by atoms with Gasteiger partial charge in [-0.1, -0.05) is 11.6 Å². The Morgan fingerprint density at radius 3 is 2.72 bits per heavy atom. The quantitative estimate of drug-likeness (QED) is 0.754. The van der Waals surface area contributed by atoms with Crippen LogP contribution in [0, 0.1) is 0 Å². The lowest BCUT2D eigenvalue weighted by Crippen LogP contribution is -2.14. The van der Waals surface area contributed by atoms with Crippen molar-refractivity contribution >= 4 is 40.2 Å². The molecule has 0 bridgehead atoms. The molecule has 0 aliphatic heterocycles. The minimum absolute atomic E-state index is 0.323. The van der Waals surface area contributed by atoms with E-state index in [0.717, 1.165) is 14.9 Å². The van der Waals surface area contributed by atoms with E-state index < -0.39 is 5.91 Å². The van der Waals surface area contributed by atoms with Gasteiger partial charge in [-0.2, -0.15) is 0 Å². The van der Waals surface area contributed by atoms with E-state index in [1.165, 1.54) is 11.3 Å². The van der Waals surface area contributed by atoms with Crippen molar-refractivity contribution < 1.29 is 4.79 Å². The van der Waals surface area contributed by atoms with Crippen LogP contribution in [0.3, 0.4) is 0 Å². The molecular formula is C12H12ClN3OS. The normalized spacial score (nSPS) is 10.3. The van der Waals surface area contributed by atoms with Gasteiger partial charge in [0.15, 0.2) is 0 Å². The first-order valence-electron chi connectivity index (χ1n) is 5.23. The van der Waals surface area contributed by atoms with Crippen LogP contribution in [-0.2, 0) is 6.54 Å². The van der Waals surface area contributed by atoms with Gasteiger partial charge in [-0.15, -0.1) is 11.3 Å². The van der Waals surface area contributed by atoms with Gasteiger partial charge in [0.05, 0.1) is 9.90 Å². The van der Waals surface area contributed by atoms with E-state index in [1.807, 2.05) is 12.1 Å². The van der Waals surface area contributed by atoms with Crippen LogP contribution in [0.15, 0.2) is 30.3 Å². The van der Waals surface area contributed by atoms with Gasteiger partial charge in [-0.05, 0) is 30.3 Å². The van der Waals surface area contributed by atoms with Crippen LogP contribution in [0.1, 0.15) is 15.2 Å². The minimum Gasteiger partial charge on any atom is -0.398 e. The average molecular weight is 282 g/mol. The smallest absolute Gasteiger partial charge is 0.250 e. The molecule has 6 heteroatoms. The van der Waals surface area contributed by atoms with Crippen LogP contribution in [-0.4, -0.2) is 5.91 Å². The molecular weight excluding hydrogens is 270 g/mol. The summed E-state index contributed by atoms with van der Waals surface area (Å²) in [6, 6.07) is 8.90. The van der Waals surface area contributed by atoms with Crippen LogP contribution in [0.25, 0.3) is 0 Å². The van der Waals surface area contributed by atoms with Gasteiger partial charge < -0.3 is 16.8 Å². The summed E-state index contributed by atoms with van der Waals surface area (Å²) in [6.07, 6.45) is 0. The van der Waals surface area contributed by atoms with E-state index in [2.05, 4.69) is 5.32 Å². The summed E-state index contributed by atoms with van der Waals surface area (Å²) in [5.41, 5.74) is 12.4. The highest BCUT2D eigenvalue weighted by molar-refractivity contribution is 7.16. The number of anilines is 2. The summed E-state index contributed by atoms with van der Waals surface area (Å²) in [7, 11) is 0. The maximum atomic E-state index is 11.2. The summed E-state index contributed by atoms with van der Waals surface area (Å²) in [6.45, 7) is 0.638. The second-order valence-corrected chi connectivity index (χ2v) is 5.53. The molecule has 94 valence electrons. The number of nitrogens with one attached hydrogen (secondary N) is 1. The molecule has 0 atom stereocenters. The third-order valence-corrected chi connectivity index (χ3v) is 3.65. The maximum Gasteiger partial charge on any atom is 0.250 e. The van der Waals surface area contributed by atoms with E-state index in [4.69, 9.17) is 23.1 Å². The molecule has 0 aliphatic rings. The van der Waals surface area contributed by atoms with Gasteiger partial charge in [0.25, 0.3) is 5.91 Å².